The number of ketones is 1. The molecule has 1 aliphatic heterocycles. The van der Waals surface area contributed by atoms with Gasteiger partial charge in [-0.1, -0.05) is 17.7 Å². The van der Waals surface area contributed by atoms with Gasteiger partial charge in [0.2, 0.25) is 0 Å². The van der Waals surface area contributed by atoms with E-state index in [1.165, 1.54) is 0 Å². The number of aromatic hydroxyl groups is 2. The fourth-order valence-corrected chi connectivity index (χ4v) is 2.99. The zero-order valence-electron chi connectivity index (χ0n) is 13.8. The summed E-state index contributed by atoms with van der Waals surface area (Å²) >= 11 is 6.04. The number of carbonyl (C=O) groups excluding carboxylic acids is 2. The number of ether oxygens (including phenoxy) is 1. The van der Waals surface area contributed by atoms with Gasteiger partial charge < -0.3 is 20.1 Å². The molecule has 1 heterocycles. The van der Waals surface area contributed by atoms with Crippen LogP contribution in [0, 0.1) is 0 Å². The van der Waals surface area contributed by atoms with Gasteiger partial charge in [-0.25, -0.2) is 4.79 Å². The van der Waals surface area contributed by atoms with Crippen molar-refractivity contribution in [1.82, 2.24) is 0 Å². The van der Waals surface area contributed by atoms with Crippen LogP contribution in [0.25, 0.3) is 0 Å². The van der Waals surface area contributed by atoms with E-state index in [0.29, 0.717) is 19.3 Å². The number of phenols is 2. The molecule has 0 radical (unpaired) electrons. The van der Waals surface area contributed by atoms with Crippen LogP contribution in [-0.2, 0) is 16.0 Å². The first-order valence-electron chi connectivity index (χ1n) is 8.15. The molecular formula is C18H21ClO6. The Balaban J connectivity index is 2.36. The standard InChI is InChI=1S/C18H21ClO6/c19-17-13-8-12(21)6-2-1-4-11(10-20)5-3-7-25-18(24)16(13)14(22)9-15(17)23/h5,9,20,22-23H,1-4,6-8,10H2/b11-5-. The molecule has 0 bridgehead atoms. The SMILES string of the molecule is O=C1CCCC/C(CO)=C/CCOC(=O)c2c(O)cc(O)c(Cl)c2C1. The molecule has 1 aromatic carbocycles. The van der Waals surface area contributed by atoms with E-state index in [4.69, 9.17) is 16.3 Å². The average molecular weight is 369 g/mol. The normalized spacial score (nSPS) is 19.4. The third kappa shape index (κ3) is 4.96. The van der Waals surface area contributed by atoms with E-state index < -0.39 is 17.5 Å². The van der Waals surface area contributed by atoms with Crippen LogP contribution >= 0.6 is 11.6 Å². The first kappa shape index (κ1) is 19.3. The highest BCUT2D eigenvalue weighted by atomic mass is 35.5. The van der Waals surface area contributed by atoms with Gasteiger partial charge >= 0.3 is 5.97 Å². The maximum Gasteiger partial charge on any atom is 0.342 e. The first-order chi connectivity index (χ1) is 11.9. The van der Waals surface area contributed by atoms with Gasteiger partial charge in [-0.2, -0.15) is 0 Å². The number of aliphatic hydroxyl groups excluding tert-OH is 1. The van der Waals surface area contributed by atoms with Crippen molar-refractivity contribution in [3.63, 3.8) is 0 Å². The van der Waals surface area contributed by atoms with Gasteiger partial charge in [0.1, 0.15) is 22.8 Å². The molecule has 0 atom stereocenters. The number of halogens is 1. The molecular weight excluding hydrogens is 348 g/mol. The quantitative estimate of drug-likeness (QED) is 0.520. The number of rotatable bonds is 1. The molecule has 1 aromatic rings. The van der Waals surface area contributed by atoms with Gasteiger partial charge in [-0.3, -0.25) is 4.79 Å². The lowest BCUT2D eigenvalue weighted by Crippen LogP contribution is -2.13. The topological polar surface area (TPSA) is 104 Å². The van der Waals surface area contributed by atoms with Crippen LogP contribution in [0.5, 0.6) is 11.5 Å². The first-order valence-corrected chi connectivity index (χ1v) is 8.52. The molecule has 6 nitrogen and oxygen atoms in total. The molecule has 7 heteroatoms. The maximum atomic E-state index is 12.3. The molecule has 0 saturated carbocycles. The van der Waals surface area contributed by atoms with Crippen molar-refractivity contribution in [3.05, 3.63) is 33.9 Å². The summed E-state index contributed by atoms with van der Waals surface area (Å²) in [6.45, 7) is -0.00590. The second-order valence-corrected chi connectivity index (χ2v) is 6.33. The third-order valence-electron chi connectivity index (χ3n) is 4.09. The molecule has 1 aliphatic rings. The molecule has 0 saturated heterocycles. The number of fused-ring (bicyclic) bond motifs is 1. The zero-order chi connectivity index (χ0) is 18.4. The summed E-state index contributed by atoms with van der Waals surface area (Å²) in [7, 11) is 0. The molecule has 0 spiro atoms. The third-order valence-corrected chi connectivity index (χ3v) is 4.51. The summed E-state index contributed by atoms with van der Waals surface area (Å²) in [6.07, 6.45) is 4.42. The highest BCUT2D eigenvalue weighted by Gasteiger charge is 2.25. The Hall–Kier alpha value is -2.05. The van der Waals surface area contributed by atoms with Gasteiger partial charge in [-0.15, -0.1) is 0 Å². The lowest BCUT2D eigenvalue weighted by Gasteiger charge is -2.14. The lowest BCUT2D eigenvalue weighted by atomic mass is 9.97. The van der Waals surface area contributed by atoms with Gasteiger partial charge in [0, 0.05) is 24.5 Å². The summed E-state index contributed by atoms with van der Waals surface area (Å²) in [4.78, 5) is 24.5. The van der Waals surface area contributed by atoms with Crippen molar-refractivity contribution in [3.8, 4) is 11.5 Å². The van der Waals surface area contributed by atoms with Crippen molar-refractivity contribution < 1.29 is 29.6 Å². The number of hydrogen-bond acceptors (Lipinski definition) is 6. The molecule has 0 aliphatic carbocycles. The van der Waals surface area contributed by atoms with E-state index in [1.807, 2.05) is 6.08 Å². The summed E-state index contributed by atoms with van der Waals surface area (Å²) in [5, 5.41) is 29.0. The molecule has 2 rings (SSSR count). The Kier molecular flexibility index (Phi) is 6.84. The minimum atomic E-state index is -0.807. The van der Waals surface area contributed by atoms with Crippen LogP contribution in [0.4, 0.5) is 0 Å². The summed E-state index contributed by atoms with van der Waals surface area (Å²) in [6, 6.07) is 0.958. The van der Waals surface area contributed by atoms with E-state index in [-0.39, 0.29) is 48.0 Å². The van der Waals surface area contributed by atoms with E-state index in [9.17, 15) is 24.9 Å². The number of phenolic OH excluding ortho intramolecular Hbond substituents is 2. The van der Waals surface area contributed by atoms with Crippen molar-refractivity contribution in [2.45, 2.75) is 38.5 Å². The molecule has 0 amide bonds. The van der Waals surface area contributed by atoms with Crippen LogP contribution in [0.1, 0.15) is 48.0 Å². The number of aliphatic hydroxyl groups is 1. The van der Waals surface area contributed by atoms with Crippen LogP contribution in [0.2, 0.25) is 5.02 Å². The molecule has 3 N–H and O–H groups in total. The number of cyclic esters (lactones) is 1. The predicted molar refractivity (Wildman–Crippen MR) is 92.0 cm³/mol. The molecule has 0 unspecified atom stereocenters. The van der Waals surface area contributed by atoms with Crippen LogP contribution in [0.15, 0.2) is 17.7 Å². The second kappa shape index (κ2) is 8.87. The van der Waals surface area contributed by atoms with Crippen molar-refractivity contribution in [1.29, 1.82) is 0 Å². The Morgan fingerprint density at radius 3 is 2.56 bits per heavy atom. The van der Waals surface area contributed by atoms with E-state index in [0.717, 1.165) is 18.1 Å². The van der Waals surface area contributed by atoms with E-state index in [1.54, 1.807) is 0 Å². The molecule has 136 valence electrons. The van der Waals surface area contributed by atoms with Crippen molar-refractivity contribution in [2.24, 2.45) is 0 Å². The number of Topliss-reactive ketones (excluding diaryl/α,β-unsaturated/α-hetero) is 1. The molecule has 0 aromatic heterocycles. The Labute approximate surface area is 150 Å². The maximum absolute atomic E-state index is 12.3. The number of hydrogen-bond donors (Lipinski definition) is 3. The Morgan fingerprint density at radius 1 is 1.12 bits per heavy atom. The molecule has 25 heavy (non-hydrogen) atoms. The van der Waals surface area contributed by atoms with E-state index in [2.05, 4.69) is 0 Å². The Morgan fingerprint density at radius 2 is 1.84 bits per heavy atom. The van der Waals surface area contributed by atoms with Crippen LogP contribution < -0.4 is 0 Å². The number of carbonyl (C=O) groups is 2. The fourth-order valence-electron chi connectivity index (χ4n) is 2.77. The van der Waals surface area contributed by atoms with Crippen LogP contribution in [-0.4, -0.2) is 40.3 Å². The summed E-state index contributed by atoms with van der Waals surface area (Å²) < 4.78 is 5.14. The van der Waals surface area contributed by atoms with Gasteiger partial charge in [0.25, 0.3) is 0 Å². The largest absolute Gasteiger partial charge is 0.507 e. The van der Waals surface area contributed by atoms with Crippen LogP contribution in [0.3, 0.4) is 0 Å². The monoisotopic (exact) mass is 368 g/mol. The zero-order valence-corrected chi connectivity index (χ0v) is 14.5. The second-order valence-electron chi connectivity index (χ2n) is 5.95. The number of benzene rings is 1. The summed E-state index contributed by atoms with van der Waals surface area (Å²) in [5.41, 5.74) is 0.731. The van der Waals surface area contributed by atoms with Gasteiger partial charge in [0.05, 0.1) is 18.2 Å². The Bertz CT molecular complexity index is 695. The van der Waals surface area contributed by atoms with Crippen molar-refractivity contribution >= 4 is 23.4 Å². The van der Waals surface area contributed by atoms with Gasteiger partial charge in [-0.05, 0) is 31.3 Å². The average Bonchev–Trinajstić information content (AvgIpc) is 2.57. The fraction of sp³-hybridized carbons (Fsp3) is 0.444. The van der Waals surface area contributed by atoms with E-state index >= 15 is 0 Å². The highest BCUT2D eigenvalue weighted by molar-refractivity contribution is 6.33. The smallest absolute Gasteiger partial charge is 0.342 e. The molecule has 0 fully saturated rings. The minimum absolute atomic E-state index is 0.0632. The minimum Gasteiger partial charge on any atom is -0.507 e. The summed E-state index contributed by atoms with van der Waals surface area (Å²) in [5.74, 6) is -1.84. The lowest BCUT2D eigenvalue weighted by molar-refractivity contribution is -0.118. The predicted octanol–water partition coefficient (Wildman–Crippen LogP) is 2.90. The number of esters is 1. The highest BCUT2D eigenvalue weighted by Crippen LogP contribution is 2.37. The van der Waals surface area contributed by atoms with Gasteiger partial charge in [0.15, 0.2) is 0 Å². The van der Waals surface area contributed by atoms with Crippen molar-refractivity contribution in [2.75, 3.05) is 13.2 Å².